The normalized spacial score (nSPS) is 25.5. The van der Waals surface area contributed by atoms with E-state index in [0.717, 1.165) is 154 Å². The molecule has 6 aliphatic rings. The van der Waals surface area contributed by atoms with E-state index in [-0.39, 0.29) is 146 Å². The fourth-order valence-corrected chi connectivity index (χ4v) is 19.0. The summed E-state index contributed by atoms with van der Waals surface area (Å²) in [4.78, 5) is 108. The number of rotatable bonds is 12. The van der Waals surface area contributed by atoms with Crippen LogP contribution >= 0.6 is 21.9 Å². The summed E-state index contributed by atoms with van der Waals surface area (Å²) in [6, 6.07) is 0. The Morgan fingerprint density at radius 3 is 0.431 bits per heavy atom. The minimum absolute atomic E-state index is 0. The van der Waals surface area contributed by atoms with Crippen molar-refractivity contribution in [1.29, 1.82) is 0 Å². The molecule has 0 aromatic carbocycles. The summed E-state index contributed by atoms with van der Waals surface area (Å²) in [5.41, 5.74) is 0. The molecule has 0 saturated heterocycles. The summed E-state index contributed by atoms with van der Waals surface area (Å²) >= 11 is 0. The van der Waals surface area contributed by atoms with Crippen LogP contribution in [0.15, 0.2) is 0 Å². The fraction of sp³-hybridized carbons (Fsp3) is 1.00. The first-order valence-electron chi connectivity index (χ1n) is 19.9. The van der Waals surface area contributed by atoms with E-state index in [4.69, 9.17) is 0 Å². The molecular weight excluding hydrogens is 1030 g/mol. The van der Waals surface area contributed by atoms with Gasteiger partial charge in [-0.3, -0.25) is 0 Å². The molecule has 0 spiro atoms. The maximum absolute atomic E-state index is 12.0. The van der Waals surface area contributed by atoms with Crippen LogP contribution in [-0.4, -0.2) is 110 Å². The molecule has 0 N–H and O–H groups in total. The number of hydrogen-bond acceptors (Lipinski definition) is 9. The first-order valence-corrected chi connectivity index (χ1v) is 27.0. The van der Waals surface area contributed by atoms with E-state index >= 15 is 0 Å². The molecule has 51 heavy (non-hydrogen) atoms. The van der Waals surface area contributed by atoms with E-state index in [1.165, 1.54) is 0 Å². The van der Waals surface area contributed by atoms with E-state index < -0.39 is 21.9 Å². The van der Waals surface area contributed by atoms with Crippen LogP contribution < -0.4 is 44.0 Å². The Morgan fingerprint density at radius 2 is 0.333 bits per heavy atom. The van der Waals surface area contributed by atoms with Gasteiger partial charge in [-0.2, -0.15) is 0 Å². The van der Waals surface area contributed by atoms with Gasteiger partial charge in [-0.25, -0.2) is 0 Å². The van der Waals surface area contributed by atoms with Gasteiger partial charge >= 0.3 is 366 Å². The van der Waals surface area contributed by atoms with Gasteiger partial charge in [0.25, 0.3) is 0 Å². The van der Waals surface area contributed by atoms with Crippen LogP contribution in [0.25, 0.3) is 0 Å². The predicted octanol–water partition coefficient (Wildman–Crippen LogP) is 1.10. The average Bonchev–Trinajstić information content (AvgIpc) is 3.77. The molecule has 0 atom stereocenters. The van der Waals surface area contributed by atoms with Gasteiger partial charge in [0.1, 0.15) is 0 Å². The molecule has 0 heterocycles. The zero-order valence-corrected chi connectivity index (χ0v) is 41.4. The summed E-state index contributed by atoms with van der Waals surface area (Å²) in [7, 11) is -15.2. The summed E-state index contributed by atoms with van der Waals surface area (Å²) in [6.07, 6.45) is 24.0. The van der Waals surface area contributed by atoms with E-state index in [1.54, 1.807) is 0 Å². The molecule has 6 saturated carbocycles. The molecule has 0 unspecified atom stereocenters. The second-order valence-corrected chi connectivity index (χ2v) is 27.2. The van der Waals surface area contributed by atoms with Crippen molar-refractivity contribution in [2.24, 2.45) is 35.5 Å². The monoisotopic (exact) mass is 1100 g/mol. The quantitative estimate of drug-likeness (QED) is 0.202. The van der Waals surface area contributed by atoms with Crippen molar-refractivity contribution < 1.29 is 44.0 Å². The maximum Gasteiger partial charge on any atom is 3.00 e. The maximum atomic E-state index is 12.0. The van der Waals surface area contributed by atoms with E-state index in [9.17, 15) is 44.0 Å². The molecule has 0 aromatic rings. The molecule has 6 radical (unpaired) electrons. The van der Waals surface area contributed by atoms with Crippen molar-refractivity contribution in [3.8, 4) is 0 Å². The predicted molar refractivity (Wildman–Crippen MR) is 199 cm³/mol. The molecule has 0 amide bonds. The fourth-order valence-electron chi connectivity index (χ4n) is 10.4. The van der Waals surface area contributed by atoms with Crippen molar-refractivity contribution in [2.45, 2.75) is 154 Å². The molecular formula is C36H66O9P3Sb3. The van der Waals surface area contributed by atoms with Crippen LogP contribution in [0, 0.1) is 35.5 Å². The molecule has 0 aromatic heterocycles. The van der Waals surface area contributed by atoms with Gasteiger partial charge in [0.2, 0.25) is 0 Å². The van der Waals surface area contributed by atoms with Crippen molar-refractivity contribution in [3.05, 3.63) is 0 Å². The van der Waals surface area contributed by atoms with Gasteiger partial charge < -0.3 is 0 Å². The Morgan fingerprint density at radius 1 is 0.235 bits per heavy atom. The van der Waals surface area contributed by atoms with Crippen LogP contribution in [0.4, 0.5) is 0 Å². The minimum atomic E-state index is -5.05. The zero-order chi connectivity index (χ0) is 35.0. The standard InChI is InChI=1S/3C12H22O3P.3Sb/c3*13-16(14,15,9-11-5-1-2-6-11)10-12-7-3-4-8-12;;;/h3*11-12H,1-10H2;;;/q3*-3;3*+3. The minimum Gasteiger partial charge on any atom is 3.00 e. The average molecular weight is 1100 g/mol. The Hall–Kier alpha value is 3.38. The third-order valence-electron chi connectivity index (χ3n) is 12.5. The largest absolute Gasteiger partial charge is 3.00 e. The summed E-state index contributed by atoms with van der Waals surface area (Å²) < 4.78 is 0. The van der Waals surface area contributed by atoms with E-state index in [2.05, 4.69) is 0 Å². The van der Waals surface area contributed by atoms with Crippen LogP contribution in [0.1, 0.15) is 154 Å². The first-order chi connectivity index (χ1) is 22.3. The van der Waals surface area contributed by atoms with Crippen LogP contribution in [-0.2, 0) is 0 Å². The van der Waals surface area contributed by atoms with Crippen molar-refractivity contribution in [2.75, 3.05) is 37.0 Å². The SMILES string of the molecule is [O-]P([O-])([O-])(CC1CCCC1)CC1CCCC1.[O-]P([O-])([O-])(CC1CCCC1)CC1CCCC1.[O-]P([O-])([O-])(CC1CCCC1)CC1CCCC1.[Sb+3].[Sb+3].[Sb+3]. The molecule has 15 heteroatoms. The molecule has 6 rings (SSSR count). The van der Waals surface area contributed by atoms with Crippen LogP contribution in [0.3, 0.4) is 0 Å². The number of hydrogen-bond donors (Lipinski definition) is 0. The summed E-state index contributed by atoms with van der Waals surface area (Å²) in [5, 5.41) is 0. The molecule has 6 fully saturated rings. The molecule has 0 bridgehead atoms. The molecule has 0 aliphatic heterocycles. The molecule has 294 valence electrons. The second kappa shape index (κ2) is 22.1. The van der Waals surface area contributed by atoms with Crippen molar-refractivity contribution in [1.82, 2.24) is 0 Å². The van der Waals surface area contributed by atoms with E-state index in [0.29, 0.717) is 0 Å². The summed E-state index contributed by atoms with van der Waals surface area (Å²) in [5.74, 6) is 0.953. The Bertz CT molecular complexity index is 777. The Kier molecular flexibility index (Phi) is 22.7. The van der Waals surface area contributed by atoms with Gasteiger partial charge in [0, 0.05) is 0 Å². The zero-order valence-electron chi connectivity index (χ0n) is 31.0. The molecule has 6 aliphatic carbocycles. The first kappa shape index (κ1) is 52.4. The van der Waals surface area contributed by atoms with Gasteiger partial charge in [-0.15, -0.1) is 0 Å². The second-order valence-electron chi connectivity index (χ2n) is 17.7. The smallest absolute Gasteiger partial charge is 3.00 e. The van der Waals surface area contributed by atoms with E-state index in [1.807, 2.05) is 0 Å². The van der Waals surface area contributed by atoms with Crippen LogP contribution in [0.5, 0.6) is 0 Å². The van der Waals surface area contributed by atoms with Gasteiger partial charge in [-0.1, -0.05) is 0 Å². The Balaban J connectivity index is 0.000000372. The van der Waals surface area contributed by atoms with Gasteiger partial charge in [-0.05, 0) is 0 Å². The van der Waals surface area contributed by atoms with Gasteiger partial charge in [0.15, 0.2) is 0 Å². The van der Waals surface area contributed by atoms with Gasteiger partial charge in [0.05, 0.1) is 0 Å². The Labute approximate surface area is 362 Å². The van der Waals surface area contributed by atoms with Crippen molar-refractivity contribution >= 4 is 95.1 Å². The third kappa shape index (κ3) is 21.3. The molecule has 9 nitrogen and oxygen atoms in total. The van der Waals surface area contributed by atoms with Crippen LogP contribution in [0.2, 0.25) is 0 Å². The third-order valence-corrected chi connectivity index (χ3v) is 19.8. The van der Waals surface area contributed by atoms with Crippen molar-refractivity contribution in [3.63, 3.8) is 0 Å². The topological polar surface area (TPSA) is 208 Å². The summed E-state index contributed by atoms with van der Waals surface area (Å²) in [6.45, 7) is 0.